The van der Waals surface area contributed by atoms with Gasteiger partial charge in [-0.3, -0.25) is 0 Å². The van der Waals surface area contributed by atoms with Gasteiger partial charge in [-0.25, -0.2) is 0 Å². The molecule has 0 N–H and O–H groups in total. The Labute approximate surface area is 92.4 Å². The second kappa shape index (κ2) is 5.32. The Balaban J connectivity index is 2.91. The number of hydrogen-bond donors (Lipinski definition) is 0. The molecule has 0 amide bonds. The van der Waals surface area contributed by atoms with Crippen molar-refractivity contribution in [3.63, 3.8) is 0 Å². The summed E-state index contributed by atoms with van der Waals surface area (Å²) in [6.45, 7) is 1.99. The molecule has 1 rings (SSSR count). The third-order valence-electron chi connectivity index (χ3n) is 1.71. The summed E-state index contributed by atoms with van der Waals surface area (Å²) in [5.41, 5.74) is 2.08. The molecule has 0 saturated carbocycles. The lowest BCUT2D eigenvalue weighted by Gasteiger charge is -1.98. The summed E-state index contributed by atoms with van der Waals surface area (Å²) in [5.74, 6) is 6.15. The van der Waals surface area contributed by atoms with Crippen LogP contribution >= 0.6 is 27.5 Å². The van der Waals surface area contributed by atoms with Crippen LogP contribution in [0.25, 0.3) is 0 Å². The highest BCUT2D eigenvalue weighted by Crippen LogP contribution is 2.17. The van der Waals surface area contributed by atoms with E-state index in [1.165, 1.54) is 0 Å². The van der Waals surface area contributed by atoms with Crippen molar-refractivity contribution in [2.75, 3.05) is 5.33 Å². The number of benzene rings is 1. The summed E-state index contributed by atoms with van der Waals surface area (Å²) in [6, 6.07) is 5.79. The summed E-state index contributed by atoms with van der Waals surface area (Å²) in [7, 11) is 0. The molecule has 0 unspecified atom stereocenters. The van der Waals surface area contributed by atoms with Crippen molar-refractivity contribution < 1.29 is 0 Å². The Hall–Kier alpha value is -0.450. The molecule has 0 saturated heterocycles. The number of halogens is 2. The summed E-state index contributed by atoms with van der Waals surface area (Å²) < 4.78 is 0. The largest absolute Gasteiger partial charge is 0.0970 e. The van der Waals surface area contributed by atoms with Gasteiger partial charge in [-0.1, -0.05) is 45.4 Å². The van der Waals surface area contributed by atoms with Crippen LogP contribution in [0.5, 0.6) is 0 Å². The molecular formula is C11H10BrCl. The van der Waals surface area contributed by atoms with E-state index in [2.05, 4.69) is 27.8 Å². The van der Waals surface area contributed by atoms with E-state index in [0.29, 0.717) is 0 Å². The van der Waals surface area contributed by atoms with E-state index in [1.54, 1.807) is 0 Å². The fourth-order valence-corrected chi connectivity index (χ4v) is 1.32. The molecule has 0 aliphatic heterocycles. The van der Waals surface area contributed by atoms with E-state index in [1.807, 2.05) is 25.1 Å². The summed E-state index contributed by atoms with van der Waals surface area (Å²) in [5, 5.41) is 1.70. The lowest BCUT2D eigenvalue weighted by molar-refractivity contribution is 1.31. The number of alkyl halides is 1. The molecule has 0 atom stereocenters. The molecule has 0 aliphatic carbocycles. The average Bonchev–Trinajstić information content (AvgIpc) is 2.13. The van der Waals surface area contributed by atoms with Gasteiger partial charge < -0.3 is 0 Å². The Kier molecular flexibility index (Phi) is 4.35. The Morgan fingerprint density at radius 2 is 2.23 bits per heavy atom. The van der Waals surface area contributed by atoms with Crippen LogP contribution in [0.15, 0.2) is 18.2 Å². The van der Waals surface area contributed by atoms with Gasteiger partial charge in [0, 0.05) is 22.3 Å². The topological polar surface area (TPSA) is 0 Å². The maximum Gasteiger partial charge on any atom is 0.0447 e. The lowest BCUT2D eigenvalue weighted by Crippen LogP contribution is -1.82. The van der Waals surface area contributed by atoms with Crippen LogP contribution in [-0.2, 0) is 0 Å². The molecule has 1 aromatic rings. The van der Waals surface area contributed by atoms with Crippen LogP contribution in [0.1, 0.15) is 17.5 Å². The van der Waals surface area contributed by atoms with Gasteiger partial charge in [0.15, 0.2) is 0 Å². The molecule has 0 radical (unpaired) electrons. The van der Waals surface area contributed by atoms with E-state index < -0.39 is 0 Å². The highest BCUT2D eigenvalue weighted by molar-refractivity contribution is 9.09. The Morgan fingerprint density at radius 1 is 1.46 bits per heavy atom. The molecule has 2 heteroatoms. The molecule has 0 heterocycles. The zero-order valence-corrected chi connectivity index (χ0v) is 9.74. The standard InChI is InChI=1S/C11H10BrCl/c1-9-10(5-2-3-8-12)6-4-7-11(9)13/h4,6-7H,3,8H2,1H3. The minimum Gasteiger partial charge on any atom is -0.0970 e. The molecule has 0 bridgehead atoms. The van der Waals surface area contributed by atoms with Gasteiger partial charge in [-0.05, 0) is 24.6 Å². The predicted octanol–water partition coefficient (Wildman–Crippen LogP) is 3.78. The van der Waals surface area contributed by atoms with Gasteiger partial charge in [0.25, 0.3) is 0 Å². The normalized spacial score (nSPS) is 9.15. The fourth-order valence-electron chi connectivity index (χ4n) is 0.948. The van der Waals surface area contributed by atoms with Crippen LogP contribution in [-0.4, -0.2) is 5.33 Å². The second-order valence-corrected chi connectivity index (χ2v) is 3.85. The van der Waals surface area contributed by atoms with E-state index in [9.17, 15) is 0 Å². The first-order chi connectivity index (χ1) is 6.25. The average molecular weight is 258 g/mol. The maximum absolute atomic E-state index is 5.95. The highest BCUT2D eigenvalue weighted by Gasteiger charge is 1.97. The SMILES string of the molecule is Cc1c(Cl)cccc1C#CCCBr. The van der Waals surface area contributed by atoms with E-state index in [-0.39, 0.29) is 0 Å². The first-order valence-electron chi connectivity index (χ1n) is 4.05. The van der Waals surface area contributed by atoms with Gasteiger partial charge in [0.05, 0.1) is 0 Å². The quantitative estimate of drug-likeness (QED) is 0.530. The molecule has 0 spiro atoms. The first kappa shape index (κ1) is 10.6. The Bertz CT molecular complexity index is 347. The third-order valence-corrected chi connectivity index (χ3v) is 2.52. The van der Waals surface area contributed by atoms with Crippen molar-refractivity contribution in [1.29, 1.82) is 0 Å². The summed E-state index contributed by atoms with van der Waals surface area (Å²) in [6.07, 6.45) is 0.867. The first-order valence-corrected chi connectivity index (χ1v) is 5.55. The molecule has 0 nitrogen and oxygen atoms in total. The molecule has 0 aromatic heterocycles. The number of hydrogen-bond acceptors (Lipinski definition) is 0. The Morgan fingerprint density at radius 3 is 2.92 bits per heavy atom. The zero-order valence-electron chi connectivity index (χ0n) is 7.40. The second-order valence-electron chi connectivity index (χ2n) is 2.65. The van der Waals surface area contributed by atoms with E-state index in [4.69, 9.17) is 11.6 Å². The van der Waals surface area contributed by atoms with Gasteiger partial charge in [-0.2, -0.15) is 0 Å². The molecule has 68 valence electrons. The lowest BCUT2D eigenvalue weighted by atomic mass is 10.1. The molecular weight excluding hydrogens is 247 g/mol. The molecule has 0 aliphatic rings. The van der Waals surface area contributed by atoms with Crippen molar-refractivity contribution in [2.45, 2.75) is 13.3 Å². The summed E-state index contributed by atoms with van der Waals surface area (Å²) in [4.78, 5) is 0. The van der Waals surface area contributed by atoms with Crippen molar-refractivity contribution in [3.05, 3.63) is 34.3 Å². The van der Waals surface area contributed by atoms with Crippen molar-refractivity contribution in [3.8, 4) is 11.8 Å². The highest BCUT2D eigenvalue weighted by atomic mass is 79.9. The van der Waals surface area contributed by atoms with Crippen LogP contribution in [0.4, 0.5) is 0 Å². The van der Waals surface area contributed by atoms with Gasteiger partial charge in [-0.15, -0.1) is 0 Å². The molecule has 1 aromatic carbocycles. The maximum atomic E-state index is 5.95. The zero-order chi connectivity index (χ0) is 9.68. The van der Waals surface area contributed by atoms with Crippen LogP contribution in [0, 0.1) is 18.8 Å². The monoisotopic (exact) mass is 256 g/mol. The van der Waals surface area contributed by atoms with Crippen molar-refractivity contribution in [1.82, 2.24) is 0 Å². The van der Waals surface area contributed by atoms with Crippen LogP contribution < -0.4 is 0 Å². The number of rotatable bonds is 1. The third kappa shape index (κ3) is 3.06. The minimum atomic E-state index is 0.783. The molecule has 0 fully saturated rings. The summed E-state index contributed by atoms with van der Waals surface area (Å²) >= 11 is 9.28. The van der Waals surface area contributed by atoms with Crippen LogP contribution in [0.3, 0.4) is 0 Å². The fraction of sp³-hybridized carbons (Fsp3) is 0.273. The van der Waals surface area contributed by atoms with Gasteiger partial charge in [0.2, 0.25) is 0 Å². The van der Waals surface area contributed by atoms with E-state index >= 15 is 0 Å². The minimum absolute atomic E-state index is 0.783. The van der Waals surface area contributed by atoms with Gasteiger partial charge >= 0.3 is 0 Å². The predicted molar refractivity (Wildman–Crippen MR) is 61.5 cm³/mol. The van der Waals surface area contributed by atoms with Gasteiger partial charge in [0.1, 0.15) is 0 Å². The smallest absolute Gasteiger partial charge is 0.0447 e. The van der Waals surface area contributed by atoms with Crippen molar-refractivity contribution >= 4 is 27.5 Å². The van der Waals surface area contributed by atoms with Crippen LogP contribution in [0.2, 0.25) is 5.02 Å². The molecule has 13 heavy (non-hydrogen) atoms. The van der Waals surface area contributed by atoms with E-state index in [0.717, 1.165) is 27.9 Å². The van der Waals surface area contributed by atoms with Crippen molar-refractivity contribution in [2.24, 2.45) is 0 Å².